The molecule has 0 aliphatic carbocycles. The van der Waals surface area contributed by atoms with Crippen LogP contribution in [-0.4, -0.2) is 18.4 Å². The Bertz CT molecular complexity index is 457. The van der Waals surface area contributed by atoms with Gasteiger partial charge in [0.25, 0.3) is 5.91 Å². The molecule has 1 aliphatic rings. The summed E-state index contributed by atoms with van der Waals surface area (Å²) in [4.78, 5) is 22.6. The van der Waals surface area contributed by atoms with E-state index in [1.807, 2.05) is 6.92 Å². The molecule has 0 saturated heterocycles. The molecule has 0 unspecified atom stereocenters. The maximum Gasteiger partial charge on any atom is 0.262 e. The normalized spacial score (nSPS) is 13.4. The molecule has 0 atom stereocenters. The van der Waals surface area contributed by atoms with Gasteiger partial charge in [0, 0.05) is 6.42 Å². The molecule has 0 spiro atoms. The van der Waals surface area contributed by atoms with Crippen molar-refractivity contribution in [3.63, 3.8) is 0 Å². The second kappa shape index (κ2) is 4.86. The fourth-order valence-electron chi connectivity index (χ4n) is 1.65. The van der Waals surface area contributed by atoms with E-state index in [1.165, 1.54) is 0 Å². The monoisotopic (exact) mass is 234 g/mol. The van der Waals surface area contributed by atoms with Crippen molar-refractivity contribution < 1.29 is 14.3 Å². The molecule has 0 saturated carbocycles. The van der Waals surface area contributed by atoms with E-state index in [0.29, 0.717) is 23.5 Å². The molecule has 2 rings (SSSR count). The van der Waals surface area contributed by atoms with E-state index in [4.69, 9.17) is 4.74 Å². The third-order valence-corrected chi connectivity index (χ3v) is 2.39. The van der Waals surface area contributed by atoms with E-state index >= 15 is 0 Å². The van der Waals surface area contributed by atoms with Crippen LogP contribution in [0, 0.1) is 0 Å². The van der Waals surface area contributed by atoms with Crippen molar-refractivity contribution in [2.24, 2.45) is 0 Å². The summed E-state index contributed by atoms with van der Waals surface area (Å²) in [6.07, 6.45) is 1.26. The van der Waals surface area contributed by atoms with Gasteiger partial charge in [0.1, 0.15) is 0 Å². The highest BCUT2D eigenvalue weighted by Crippen LogP contribution is 2.35. The Kier molecular flexibility index (Phi) is 3.27. The molecule has 5 nitrogen and oxygen atoms in total. The summed E-state index contributed by atoms with van der Waals surface area (Å²) < 4.78 is 5.32. The average molecular weight is 234 g/mol. The Balaban J connectivity index is 2.21. The topological polar surface area (TPSA) is 67.4 Å². The number of anilines is 2. The number of nitrogens with one attached hydrogen (secondary N) is 2. The number of rotatable bonds is 3. The fourth-order valence-corrected chi connectivity index (χ4v) is 1.65. The third-order valence-electron chi connectivity index (χ3n) is 2.39. The SMILES string of the molecule is CCCC(=O)Nc1cccc2c1OCC(=O)N2. The predicted molar refractivity (Wildman–Crippen MR) is 64.1 cm³/mol. The number of amides is 2. The summed E-state index contributed by atoms with van der Waals surface area (Å²) in [7, 11) is 0. The molecule has 0 fully saturated rings. The van der Waals surface area contributed by atoms with Crippen molar-refractivity contribution >= 4 is 23.2 Å². The quantitative estimate of drug-likeness (QED) is 0.837. The highest BCUT2D eigenvalue weighted by atomic mass is 16.5. The van der Waals surface area contributed by atoms with Crippen LogP contribution < -0.4 is 15.4 Å². The van der Waals surface area contributed by atoms with Gasteiger partial charge in [0.2, 0.25) is 5.91 Å². The van der Waals surface area contributed by atoms with Crippen LogP contribution in [0.15, 0.2) is 18.2 Å². The van der Waals surface area contributed by atoms with Crippen LogP contribution in [-0.2, 0) is 9.59 Å². The van der Waals surface area contributed by atoms with E-state index < -0.39 is 0 Å². The minimum Gasteiger partial charge on any atom is -0.479 e. The van der Waals surface area contributed by atoms with Crippen LogP contribution in [0.5, 0.6) is 5.75 Å². The molecule has 5 heteroatoms. The number of para-hydroxylation sites is 1. The Morgan fingerprint density at radius 1 is 1.53 bits per heavy atom. The number of ether oxygens (including phenoxy) is 1. The Morgan fingerprint density at radius 3 is 3.12 bits per heavy atom. The summed E-state index contributed by atoms with van der Waals surface area (Å²) >= 11 is 0. The molecule has 0 aromatic heterocycles. The summed E-state index contributed by atoms with van der Waals surface area (Å²) in [5, 5.41) is 5.46. The first-order valence-electron chi connectivity index (χ1n) is 5.56. The van der Waals surface area contributed by atoms with Gasteiger partial charge in [-0.2, -0.15) is 0 Å². The Hall–Kier alpha value is -2.04. The molecule has 90 valence electrons. The standard InChI is InChI=1S/C12H14N2O3/c1-2-4-10(15)13-8-5-3-6-9-12(8)17-7-11(16)14-9/h3,5-6H,2,4,7H2,1H3,(H,13,15)(H,14,16). The molecular weight excluding hydrogens is 220 g/mol. The molecule has 0 radical (unpaired) electrons. The van der Waals surface area contributed by atoms with E-state index in [2.05, 4.69) is 10.6 Å². The number of carbonyl (C=O) groups excluding carboxylic acids is 2. The van der Waals surface area contributed by atoms with Crippen molar-refractivity contribution in [2.75, 3.05) is 17.2 Å². The zero-order chi connectivity index (χ0) is 12.3. The van der Waals surface area contributed by atoms with Gasteiger partial charge in [-0.3, -0.25) is 9.59 Å². The lowest BCUT2D eigenvalue weighted by Crippen LogP contribution is -2.26. The zero-order valence-corrected chi connectivity index (χ0v) is 9.58. The van der Waals surface area contributed by atoms with E-state index in [-0.39, 0.29) is 18.4 Å². The van der Waals surface area contributed by atoms with Crippen LogP contribution in [0.25, 0.3) is 0 Å². The van der Waals surface area contributed by atoms with Gasteiger partial charge in [-0.25, -0.2) is 0 Å². The fraction of sp³-hybridized carbons (Fsp3) is 0.333. The summed E-state index contributed by atoms with van der Waals surface area (Å²) in [5.74, 6) is 0.285. The number of benzene rings is 1. The van der Waals surface area contributed by atoms with Crippen LogP contribution in [0.2, 0.25) is 0 Å². The highest BCUT2D eigenvalue weighted by Gasteiger charge is 2.19. The van der Waals surface area contributed by atoms with E-state index in [9.17, 15) is 9.59 Å². The third kappa shape index (κ3) is 2.55. The Morgan fingerprint density at radius 2 is 2.35 bits per heavy atom. The van der Waals surface area contributed by atoms with Gasteiger partial charge in [0.05, 0.1) is 11.4 Å². The molecule has 1 aromatic carbocycles. The maximum atomic E-state index is 11.5. The van der Waals surface area contributed by atoms with Crippen LogP contribution in [0.4, 0.5) is 11.4 Å². The molecule has 1 aliphatic heterocycles. The first-order valence-corrected chi connectivity index (χ1v) is 5.56. The molecule has 17 heavy (non-hydrogen) atoms. The lowest BCUT2D eigenvalue weighted by molar-refractivity contribution is -0.118. The van der Waals surface area contributed by atoms with Gasteiger partial charge >= 0.3 is 0 Å². The summed E-state index contributed by atoms with van der Waals surface area (Å²) in [6.45, 7) is 1.92. The van der Waals surface area contributed by atoms with Gasteiger partial charge < -0.3 is 15.4 Å². The summed E-state index contributed by atoms with van der Waals surface area (Å²) in [5.41, 5.74) is 1.19. The molecule has 2 N–H and O–H groups in total. The second-order valence-electron chi connectivity index (χ2n) is 3.82. The van der Waals surface area contributed by atoms with Crippen molar-refractivity contribution in [2.45, 2.75) is 19.8 Å². The lowest BCUT2D eigenvalue weighted by Gasteiger charge is -2.20. The van der Waals surface area contributed by atoms with Crippen LogP contribution in [0.3, 0.4) is 0 Å². The van der Waals surface area contributed by atoms with Crippen molar-refractivity contribution in [1.29, 1.82) is 0 Å². The molecule has 1 aromatic rings. The molecular formula is C12H14N2O3. The smallest absolute Gasteiger partial charge is 0.262 e. The van der Waals surface area contributed by atoms with Gasteiger partial charge in [0.15, 0.2) is 12.4 Å². The largest absolute Gasteiger partial charge is 0.479 e. The number of carbonyl (C=O) groups is 2. The zero-order valence-electron chi connectivity index (χ0n) is 9.58. The Labute approximate surface area is 99.2 Å². The minimum atomic E-state index is -0.186. The minimum absolute atomic E-state index is 0.0202. The summed E-state index contributed by atoms with van der Waals surface area (Å²) in [6, 6.07) is 5.25. The number of hydrogen-bond acceptors (Lipinski definition) is 3. The molecule has 1 heterocycles. The number of hydrogen-bond donors (Lipinski definition) is 2. The predicted octanol–water partition coefficient (Wildman–Crippen LogP) is 1.76. The average Bonchev–Trinajstić information content (AvgIpc) is 2.29. The lowest BCUT2D eigenvalue weighted by atomic mass is 10.2. The van der Waals surface area contributed by atoms with Crippen LogP contribution in [0.1, 0.15) is 19.8 Å². The van der Waals surface area contributed by atoms with Crippen molar-refractivity contribution in [3.8, 4) is 5.75 Å². The van der Waals surface area contributed by atoms with Gasteiger partial charge in [-0.15, -0.1) is 0 Å². The second-order valence-corrected chi connectivity index (χ2v) is 3.82. The first-order chi connectivity index (χ1) is 8.20. The van der Waals surface area contributed by atoms with Crippen LogP contribution >= 0.6 is 0 Å². The first kappa shape index (κ1) is 11.4. The van der Waals surface area contributed by atoms with Crippen molar-refractivity contribution in [1.82, 2.24) is 0 Å². The molecule has 2 amide bonds. The highest BCUT2D eigenvalue weighted by molar-refractivity contribution is 5.99. The van der Waals surface area contributed by atoms with E-state index in [1.54, 1.807) is 18.2 Å². The van der Waals surface area contributed by atoms with Gasteiger partial charge in [-0.05, 0) is 18.6 Å². The van der Waals surface area contributed by atoms with E-state index in [0.717, 1.165) is 6.42 Å². The number of fused-ring (bicyclic) bond motifs is 1. The molecule has 0 bridgehead atoms. The van der Waals surface area contributed by atoms with Gasteiger partial charge in [-0.1, -0.05) is 13.0 Å². The maximum absolute atomic E-state index is 11.5. The van der Waals surface area contributed by atoms with Crippen molar-refractivity contribution in [3.05, 3.63) is 18.2 Å².